The number of carbonyl (C=O) groups excluding carboxylic acids is 1. The van der Waals surface area contributed by atoms with E-state index in [1.807, 2.05) is 12.1 Å². The van der Waals surface area contributed by atoms with Crippen LogP contribution in [0.5, 0.6) is 0 Å². The van der Waals surface area contributed by atoms with Crippen molar-refractivity contribution in [3.63, 3.8) is 0 Å². The van der Waals surface area contributed by atoms with Gasteiger partial charge in [-0.25, -0.2) is 0 Å². The van der Waals surface area contributed by atoms with Crippen molar-refractivity contribution in [2.75, 3.05) is 11.1 Å². The Labute approximate surface area is 157 Å². The van der Waals surface area contributed by atoms with Gasteiger partial charge in [-0.2, -0.15) is 5.26 Å². The largest absolute Gasteiger partial charge is 0.316 e. The number of fused-ring (bicyclic) bond motifs is 1. The van der Waals surface area contributed by atoms with Gasteiger partial charge in [0.1, 0.15) is 11.1 Å². The molecule has 1 aromatic carbocycles. The number of benzene rings is 1. The normalized spacial score (nSPS) is 13.6. The van der Waals surface area contributed by atoms with E-state index in [1.54, 1.807) is 23.1 Å². The predicted molar refractivity (Wildman–Crippen MR) is 105 cm³/mol. The zero-order valence-corrected chi connectivity index (χ0v) is 16.1. The number of nitrogens with one attached hydrogen (secondary N) is 1. The summed E-state index contributed by atoms with van der Waals surface area (Å²) in [6, 6.07) is 10.4. The Hall–Kier alpha value is -1.77. The molecule has 1 amide bonds. The first-order chi connectivity index (χ1) is 12.2. The van der Waals surface area contributed by atoms with Crippen LogP contribution in [0.2, 0.25) is 0 Å². The Bertz CT molecular complexity index is 787. The fourth-order valence-electron chi connectivity index (χ4n) is 3.18. The lowest BCUT2D eigenvalue weighted by Crippen LogP contribution is -2.14. The average Bonchev–Trinajstić information content (AvgIpc) is 2.77. The lowest BCUT2D eigenvalue weighted by Gasteiger charge is -2.05. The summed E-state index contributed by atoms with van der Waals surface area (Å²) in [6.45, 7) is 2.13. The third-order valence-corrected chi connectivity index (χ3v) is 6.49. The van der Waals surface area contributed by atoms with Gasteiger partial charge in [0.15, 0.2) is 0 Å². The average molecular weight is 371 g/mol. The number of thiophene rings is 1. The predicted octanol–water partition coefficient (Wildman–Crippen LogP) is 5.18. The van der Waals surface area contributed by atoms with Crippen LogP contribution in [0.25, 0.3) is 0 Å². The zero-order chi connectivity index (χ0) is 17.6. The Kier molecular flexibility index (Phi) is 6.17. The van der Waals surface area contributed by atoms with Gasteiger partial charge in [0, 0.05) is 9.77 Å². The minimum atomic E-state index is -0.0520. The van der Waals surface area contributed by atoms with Gasteiger partial charge in [0.05, 0.1) is 12.0 Å². The van der Waals surface area contributed by atoms with Crippen molar-refractivity contribution in [2.24, 2.45) is 0 Å². The molecule has 25 heavy (non-hydrogen) atoms. The molecule has 3 rings (SSSR count). The fourth-order valence-corrected chi connectivity index (χ4v) is 5.09. The molecule has 1 N–H and O–H groups in total. The van der Waals surface area contributed by atoms with Crippen molar-refractivity contribution in [3.05, 3.63) is 45.8 Å². The van der Waals surface area contributed by atoms with Crippen LogP contribution >= 0.6 is 23.1 Å². The molecule has 0 saturated carbocycles. The molecule has 0 aliphatic heterocycles. The van der Waals surface area contributed by atoms with Gasteiger partial charge in [0.2, 0.25) is 5.91 Å². The highest BCUT2D eigenvalue weighted by Gasteiger charge is 2.20. The number of hydrogen-bond donors (Lipinski definition) is 1. The molecule has 0 spiro atoms. The van der Waals surface area contributed by atoms with Gasteiger partial charge in [-0.05, 0) is 54.7 Å². The van der Waals surface area contributed by atoms with Crippen LogP contribution in [0.3, 0.4) is 0 Å². The quantitative estimate of drug-likeness (QED) is 0.583. The van der Waals surface area contributed by atoms with Gasteiger partial charge >= 0.3 is 0 Å². The van der Waals surface area contributed by atoms with Gasteiger partial charge in [-0.3, -0.25) is 4.79 Å². The highest BCUT2D eigenvalue weighted by Crippen LogP contribution is 2.37. The molecular formula is C20H22N2OS2. The molecule has 5 heteroatoms. The first kappa shape index (κ1) is 18.0. The summed E-state index contributed by atoms with van der Waals surface area (Å²) in [4.78, 5) is 14.9. The topological polar surface area (TPSA) is 52.9 Å². The Balaban J connectivity index is 1.69. The molecule has 2 aromatic rings. The summed E-state index contributed by atoms with van der Waals surface area (Å²) in [7, 11) is 0. The number of hydrogen-bond acceptors (Lipinski definition) is 4. The van der Waals surface area contributed by atoms with Crippen molar-refractivity contribution in [2.45, 2.75) is 50.3 Å². The Morgan fingerprint density at radius 3 is 2.72 bits per heavy atom. The summed E-state index contributed by atoms with van der Waals surface area (Å²) in [6.07, 6.45) is 5.86. The van der Waals surface area contributed by atoms with Crippen LogP contribution in [-0.4, -0.2) is 11.7 Å². The molecule has 0 fully saturated rings. The molecule has 1 aromatic heterocycles. The highest BCUT2D eigenvalue weighted by molar-refractivity contribution is 7.99. The Morgan fingerprint density at radius 1 is 1.24 bits per heavy atom. The second-order valence-electron chi connectivity index (χ2n) is 6.18. The van der Waals surface area contributed by atoms with Crippen molar-refractivity contribution < 1.29 is 4.79 Å². The monoisotopic (exact) mass is 370 g/mol. The minimum absolute atomic E-state index is 0.0520. The summed E-state index contributed by atoms with van der Waals surface area (Å²) in [5.74, 6) is 0.989. The van der Waals surface area contributed by atoms with Gasteiger partial charge in [-0.15, -0.1) is 23.1 Å². The number of carbonyl (C=O) groups is 1. The third-order valence-electron chi connectivity index (χ3n) is 4.39. The van der Waals surface area contributed by atoms with E-state index in [4.69, 9.17) is 0 Å². The van der Waals surface area contributed by atoms with Gasteiger partial charge < -0.3 is 5.32 Å². The van der Waals surface area contributed by atoms with Crippen molar-refractivity contribution in [1.29, 1.82) is 5.26 Å². The standard InChI is InChI=1S/C20H22N2OS2/c1-2-24-15-10-8-14(9-11-15)12-19(23)22-20-17(13-21)16-6-4-3-5-7-18(16)25-20/h8-11H,2-7,12H2,1H3,(H,22,23). The molecule has 0 unspecified atom stereocenters. The van der Waals surface area contributed by atoms with E-state index < -0.39 is 0 Å². The van der Waals surface area contributed by atoms with Crippen molar-refractivity contribution in [3.8, 4) is 6.07 Å². The number of anilines is 1. The molecule has 1 aliphatic rings. The van der Waals surface area contributed by atoms with Crippen LogP contribution in [0.15, 0.2) is 29.2 Å². The molecular weight excluding hydrogens is 348 g/mol. The molecule has 0 atom stereocenters. The molecule has 3 nitrogen and oxygen atoms in total. The fraction of sp³-hybridized carbons (Fsp3) is 0.400. The van der Waals surface area contributed by atoms with E-state index in [0.717, 1.165) is 35.6 Å². The molecule has 130 valence electrons. The van der Waals surface area contributed by atoms with Crippen molar-refractivity contribution in [1.82, 2.24) is 0 Å². The maximum Gasteiger partial charge on any atom is 0.229 e. The van der Waals surface area contributed by atoms with E-state index in [-0.39, 0.29) is 5.91 Å². The maximum atomic E-state index is 12.4. The van der Waals surface area contributed by atoms with Crippen LogP contribution in [-0.2, 0) is 24.1 Å². The number of thioether (sulfide) groups is 1. The number of amides is 1. The number of nitriles is 1. The van der Waals surface area contributed by atoms with Gasteiger partial charge in [-0.1, -0.05) is 25.5 Å². The maximum absolute atomic E-state index is 12.4. The lowest BCUT2D eigenvalue weighted by molar-refractivity contribution is -0.115. The van der Waals surface area contributed by atoms with Crippen molar-refractivity contribution >= 4 is 34.0 Å². The van der Waals surface area contributed by atoms with E-state index in [0.29, 0.717) is 12.0 Å². The third kappa shape index (κ3) is 4.45. The second kappa shape index (κ2) is 8.55. The highest BCUT2D eigenvalue weighted by atomic mass is 32.2. The number of nitrogens with zero attached hydrogens (tertiary/aromatic N) is 1. The second-order valence-corrected chi connectivity index (χ2v) is 8.62. The molecule has 1 aliphatic carbocycles. The number of aryl methyl sites for hydroxylation is 1. The van der Waals surface area contributed by atoms with Crippen LogP contribution in [0, 0.1) is 11.3 Å². The van der Waals surface area contributed by atoms with Crippen LogP contribution in [0.4, 0.5) is 5.00 Å². The van der Waals surface area contributed by atoms with Gasteiger partial charge in [0.25, 0.3) is 0 Å². The van der Waals surface area contributed by atoms with E-state index >= 15 is 0 Å². The van der Waals surface area contributed by atoms with E-state index in [2.05, 4.69) is 30.4 Å². The summed E-state index contributed by atoms with van der Waals surface area (Å²) >= 11 is 3.38. The summed E-state index contributed by atoms with van der Waals surface area (Å²) in [5.41, 5.74) is 2.85. The van der Waals surface area contributed by atoms with E-state index in [1.165, 1.54) is 28.2 Å². The molecule has 0 saturated heterocycles. The number of rotatable bonds is 5. The molecule has 0 radical (unpaired) electrons. The lowest BCUT2D eigenvalue weighted by atomic mass is 10.1. The van der Waals surface area contributed by atoms with E-state index in [9.17, 15) is 10.1 Å². The molecule has 1 heterocycles. The Morgan fingerprint density at radius 2 is 2.00 bits per heavy atom. The summed E-state index contributed by atoms with van der Waals surface area (Å²) in [5, 5.41) is 13.3. The first-order valence-electron chi connectivity index (χ1n) is 8.77. The zero-order valence-electron chi connectivity index (χ0n) is 14.4. The molecule has 0 bridgehead atoms. The SMILES string of the molecule is CCSc1ccc(CC(=O)Nc2sc3c(c2C#N)CCCCC3)cc1. The minimum Gasteiger partial charge on any atom is -0.316 e. The van der Waals surface area contributed by atoms with Crippen LogP contribution < -0.4 is 5.32 Å². The smallest absolute Gasteiger partial charge is 0.229 e. The summed E-state index contributed by atoms with van der Waals surface area (Å²) < 4.78 is 0. The van der Waals surface area contributed by atoms with Crippen LogP contribution in [0.1, 0.15) is 47.8 Å². The first-order valence-corrected chi connectivity index (χ1v) is 10.6.